The van der Waals surface area contributed by atoms with E-state index in [0.29, 0.717) is 18.3 Å². The van der Waals surface area contributed by atoms with E-state index in [9.17, 15) is 4.79 Å². The fourth-order valence-corrected chi connectivity index (χ4v) is 1.56. The molecule has 2 rings (SSSR count). The monoisotopic (exact) mass is 261 g/mol. The Bertz CT molecular complexity index is 601. The molecule has 0 fully saturated rings. The number of anilines is 2. The average molecular weight is 261 g/mol. The molecule has 5 N–H and O–H groups in total. The highest BCUT2D eigenvalue weighted by atomic mass is 16.4. The van der Waals surface area contributed by atoms with E-state index in [2.05, 4.69) is 15.3 Å². The summed E-state index contributed by atoms with van der Waals surface area (Å²) in [6.45, 7) is 4.08. The van der Waals surface area contributed by atoms with Crippen LogP contribution < -0.4 is 16.8 Å². The van der Waals surface area contributed by atoms with Gasteiger partial charge >= 0.3 is 0 Å². The predicted molar refractivity (Wildman–Crippen MR) is 70.5 cm³/mol. The van der Waals surface area contributed by atoms with Gasteiger partial charge in [0.05, 0.1) is 29.7 Å². The molecule has 0 spiro atoms. The molecule has 0 bridgehead atoms. The van der Waals surface area contributed by atoms with Gasteiger partial charge in [-0.15, -0.1) is 0 Å². The smallest absolute Gasteiger partial charge is 0.250 e. The van der Waals surface area contributed by atoms with E-state index in [4.69, 9.17) is 15.9 Å². The average Bonchev–Trinajstić information content (AvgIpc) is 2.67. The van der Waals surface area contributed by atoms with Crippen LogP contribution >= 0.6 is 0 Å². The molecular weight excluding hydrogens is 246 g/mol. The fraction of sp³-hybridized carbons (Fsp3) is 0.250. The van der Waals surface area contributed by atoms with Crippen molar-refractivity contribution in [2.24, 2.45) is 5.73 Å². The van der Waals surface area contributed by atoms with Crippen LogP contribution in [0.25, 0.3) is 0 Å². The van der Waals surface area contributed by atoms with Crippen molar-refractivity contribution in [3.63, 3.8) is 0 Å². The third-order valence-corrected chi connectivity index (χ3v) is 2.69. The van der Waals surface area contributed by atoms with E-state index in [-0.39, 0.29) is 11.3 Å². The maximum atomic E-state index is 11.2. The summed E-state index contributed by atoms with van der Waals surface area (Å²) in [7, 11) is 0. The molecule has 0 radical (unpaired) electrons. The van der Waals surface area contributed by atoms with Gasteiger partial charge in [-0.2, -0.15) is 0 Å². The molecule has 100 valence electrons. The van der Waals surface area contributed by atoms with Crippen molar-refractivity contribution in [1.82, 2.24) is 9.97 Å². The molecule has 0 aliphatic rings. The first-order valence-corrected chi connectivity index (χ1v) is 5.69. The van der Waals surface area contributed by atoms with Crippen LogP contribution in [0.5, 0.6) is 0 Å². The van der Waals surface area contributed by atoms with Crippen LogP contribution in [-0.2, 0) is 6.54 Å². The topological polar surface area (TPSA) is 120 Å². The second-order valence-corrected chi connectivity index (χ2v) is 4.12. The third kappa shape index (κ3) is 2.82. The third-order valence-electron chi connectivity index (χ3n) is 2.69. The number of nitrogen functional groups attached to an aromatic ring is 1. The fourth-order valence-electron chi connectivity index (χ4n) is 1.56. The number of amides is 1. The number of hydrogen-bond acceptors (Lipinski definition) is 6. The Kier molecular flexibility index (Phi) is 3.37. The Morgan fingerprint density at radius 1 is 1.47 bits per heavy atom. The Morgan fingerprint density at radius 2 is 2.21 bits per heavy atom. The first-order chi connectivity index (χ1) is 8.97. The lowest BCUT2D eigenvalue weighted by molar-refractivity contribution is 0.100. The summed E-state index contributed by atoms with van der Waals surface area (Å²) < 4.78 is 5.42. The molecule has 7 heteroatoms. The zero-order valence-corrected chi connectivity index (χ0v) is 10.7. The second-order valence-electron chi connectivity index (χ2n) is 4.12. The summed E-state index contributed by atoms with van der Waals surface area (Å²) in [6.07, 6.45) is 1.38. The molecule has 0 atom stereocenters. The van der Waals surface area contributed by atoms with Crippen LogP contribution in [0, 0.1) is 13.8 Å². The summed E-state index contributed by atoms with van der Waals surface area (Å²) in [4.78, 5) is 19.4. The Balaban J connectivity index is 2.11. The molecule has 0 aromatic carbocycles. The lowest BCUT2D eigenvalue weighted by Crippen LogP contribution is -2.14. The zero-order valence-electron chi connectivity index (χ0n) is 10.7. The minimum absolute atomic E-state index is 0.234. The summed E-state index contributed by atoms with van der Waals surface area (Å²) >= 11 is 0. The molecule has 0 unspecified atom stereocenters. The summed E-state index contributed by atoms with van der Waals surface area (Å²) in [5.74, 6) is 1.22. The molecule has 0 saturated carbocycles. The zero-order chi connectivity index (χ0) is 14.0. The lowest BCUT2D eigenvalue weighted by Gasteiger charge is -2.06. The number of nitrogens with one attached hydrogen (secondary N) is 1. The van der Waals surface area contributed by atoms with Crippen molar-refractivity contribution in [2.45, 2.75) is 20.4 Å². The highest BCUT2D eigenvalue weighted by molar-refractivity contribution is 5.98. The minimum atomic E-state index is -0.592. The number of primary amides is 1. The molecule has 0 saturated heterocycles. The number of carbonyl (C=O) groups excluding carboxylic acids is 1. The van der Waals surface area contributed by atoms with E-state index < -0.39 is 5.91 Å². The molecule has 7 nitrogen and oxygen atoms in total. The number of carbonyl (C=O) groups is 1. The highest BCUT2D eigenvalue weighted by Gasteiger charge is 2.09. The molecule has 0 aliphatic heterocycles. The summed E-state index contributed by atoms with van der Waals surface area (Å²) in [5.41, 5.74) is 12.1. The normalized spacial score (nSPS) is 10.4. The number of pyridine rings is 1. The largest absolute Gasteiger partial charge is 0.444 e. The van der Waals surface area contributed by atoms with Gasteiger partial charge in [0.25, 0.3) is 5.91 Å². The summed E-state index contributed by atoms with van der Waals surface area (Å²) in [6, 6.07) is 1.50. The quantitative estimate of drug-likeness (QED) is 0.754. The van der Waals surface area contributed by atoms with Crippen molar-refractivity contribution in [1.29, 1.82) is 0 Å². The second kappa shape index (κ2) is 4.97. The van der Waals surface area contributed by atoms with Gasteiger partial charge in [-0.25, -0.2) is 9.97 Å². The maximum absolute atomic E-state index is 11.2. The first kappa shape index (κ1) is 12.9. The van der Waals surface area contributed by atoms with Crippen LogP contribution in [0.15, 0.2) is 16.7 Å². The number of aryl methyl sites for hydroxylation is 2. The minimum Gasteiger partial charge on any atom is -0.444 e. The van der Waals surface area contributed by atoms with E-state index in [1.54, 1.807) is 0 Å². The van der Waals surface area contributed by atoms with Crippen molar-refractivity contribution in [3.8, 4) is 0 Å². The Hall–Kier alpha value is -2.57. The van der Waals surface area contributed by atoms with E-state index in [1.807, 2.05) is 13.8 Å². The molecule has 2 heterocycles. The number of hydrogen-bond donors (Lipinski definition) is 3. The number of aromatic nitrogens is 2. The molecule has 2 aromatic heterocycles. The van der Waals surface area contributed by atoms with Gasteiger partial charge in [-0.3, -0.25) is 4.79 Å². The predicted octanol–water partition coefficient (Wildman–Crippen LogP) is 0.980. The van der Waals surface area contributed by atoms with Crippen molar-refractivity contribution < 1.29 is 9.21 Å². The molecular formula is C12H15N5O2. The lowest BCUT2D eigenvalue weighted by atomic mass is 10.2. The van der Waals surface area contributed by atoms with E-state index >= 15 is 0 Å². The number of oxazole rings is 1. The van der Waals surface area contributed by atoms with Crippen LogP contribution in [0.1, 0.15) is 27.7 Å². The Labute approximate surface area is 110 Å². The van der Waals surface area contributed by atoms with Crippen molar-refractivity contribution in [2.75, 3.05) is 11.1 Å². The van der Waals surface area contributed by atoms with Crippen LogP contribution in [-0.4, -0.2) is 15.9 Å². The van der Waals surface area contributed by atoms with E-state index in [0.717, 1.165) is 11.5 Å². The molecule has 0 aliphatic carbocycles. The maximum Gasteiger partial charge on any atom is 0.250 e. The van der Waals surface area contributed by atoms with Gasteiger partial charge in [-0.05, 0) is 19.9 Å². The molecule has 2 aromatic rings. The number of nitrogens with two attached hydrogens (primary N) is 2. The van der Waals surface area contributed by atoms with Crippen molar-refractivity contribution in [3.05, 3.63) is 35.2 Å². The Morgan fingerprint density at radius 3 is 2.79 bits per heavy atom. The van der Waals surface area contributed by atoms with Crippen LogP contribution in [0.4, 0.5) is 11.5 Å². The number of nitrogens with zero attached hydrogens (tertiary/aromatic N) is 2. The van der Waals surface area contributed by atoms with Crippen LogP contribution in [0.2, 0.25) is 0 Å². The van der Waals surface area contributed by atoms with Gasteiger partial charge in [0.1, 0.15) is 11.6 Å². The van der Waals surface area contributed by atoms with Gasteiger partial charge in [0.15, 0.2) is 0 Å². The summed E-state index contributed by atoms with van der Waals surface area (Å²) in [5, 5.41) is 2.99. The SMILES string of the molecule is Cc1nc(CNc2cc(C(N)=O)c(N)cn2)oc1C. The highest BCUT2D eigenvalue weighted by Crippen LogP contribution is 2.15. The van der Waals surface area contributed by atoms with Crippen molar-refractivity contribution >= 4 is 17.4 Å². The number of rotatable bonds is 4. The standard InChI is InChI=1S/C12H15N5O2/c1-6-7(2)19-11(17-6)5-16-10-3-8(12(14)18)9(13)4-15-10/h3-4H,5,13H2,1-2H3,(H2,14,18)(H,15,16). The van der Waals surface area contributed by atoms with E-state index in [1.165, 1.54) is 12.3 Å². The van der Waals surface area contributed by atoms with Gasteiger partial charge in [0, 0.05) is 0 Å². The van der Waals surface area contributed by atoms with Gasteiger partial charge < -0.3 is 21.2 Å². The first-order valence-electron chi connectivity index (χ1n) is 5.69. The molecule has 19 heavy (non-hydrogen) atoms. The molecule has 1 amide bonds. The van der Waals surface area contributed by atoms with Crippen LogP contribution in [0.3, 0.4) is 0 Å². The van der Waals surface area contributed by atoms with Gasteiger partial charge in [0.2, 0.25) is 5.89 Å². The van der Waals surface area contributed by atoms with Gasteiger partial charge in [-0.1, -0.05) is 0 Å².